The number of amides is 2. The number of nitrogens with one attached hydrogen (secondary N) is 2. The monoisotopic (exact) mass is 437 g/mol. The highest BCUT2D eigenvalue weighted by Crippen LogP contribution is 2.25. The van der Waals surface area contributed by atoms with Gasteiger partial charge < -0.3 is 15.4 Å². The molecule has 9 heteroatoms. The molecule has 2 aliphatic rings. The van der Waals surface area contributed by atoms with Crippen molar-refractivity contribution >= 4 is 21.8 Å². The van der Waals surface area contributed by atoms with Crippen LogP contribution < -0.4 is 15.4 Å². The second-order valence-corrected chi connectivity index (χ2v) is 9.91. The van der Waals surface area contributed by atoms with E-state index in [0.717, 1.165) is 25.7 Å². The Morgan fingerprint density at radius 3 is 2.47 bits per heavy atom. The van der Waals surface area contributed by atoms with Gasteiger partial charge in [-0.3, -0.25) is 9.59 Å². The van der Waals surface area contributed by atoms with E-state index in [9.17, 15) is 18.0 Å². The Bertz CT molecular complexity index is 835. The Morgan fingerprint density at radius 1 is 1.10 bits per heavy atom. The molecular formula is C21H31N3O5S. The summed E-state index contributed by atoms with van der Waals surface area (Å²) in [6.07, 6.45) is 5.85. The number of sulfonamides is 1. The molecule has 0 aromatic heterocycles. The number of piperidine rings is 1. The summed E-state index contributed by atoms with van der Waals surface area (Å²) in [6.45, 7) is 0.801. The molecule has 0 unspecified atom stereocenters. The van der Waals surface area contributed by atoms with Gasteiger partial charge >= 0.3 is 0 Å². The van der Waals surface area contributed by atoms with Gasteiger partial charge in [0, 0.05) is 32.1 Å². The van der Waals surface area contributed by atoms with Crippen LogP contribution in [0.2, 0.25) is 0 Å². The molecule has 1 saturated carbocycles. The van der Waals surface area contributed by atoms with Gasteiger partial charge in [0.25, 0.3) is 0 Å². The quantitative estimate of drug-likeness (QED) is 0.644. The Hall–Kier alpha value is -2.13. The van der Waals surface area contributed by atoms with Crippen LogP contribution in [0, 0.1) is 5.92 Å². The number of nitrogens with zero attached hydrogens (tertiary/aromatic N) is 1. The lowest BCUT2D eigenvalue weighted by Crippen LogP contribution is -2.46. The maximum Gasteiger partial charge on any atom is 0.243 e. The van der Waals surface area contributed by atoms with Crippen LogP contribution in [0.5, 0.6) is 5.75 Å². The summed E-state index contributed by atoms with van der Waals surface area (Å²) >= 11 is 0. The fraction of sp³-hybridized carbons (Fsp3) is 0.619. The smallest absolute Gasteiger partial charge is 0.243 e. The first-order chi connectivity index (χ1) is 14.4. The number of hydrogen-bond acceptors (Lipinski definition) is 5. The molecule has 1 saturated heterocycles. The topological polar surface area (TPSA) is 105 Å². The van der Waals surface area contributed by atoms with Crippen LogP contribution >= 0.6 is 0 Å². The first-order valence-electron chi connectivity index (χ1n) is 10.6. The van der Waals surface area contributed by atoms with Crippen LogP contribution in [0.4, 0.5) is 0 Å². The zero-order valence-corrected chi connectivity index (χ0v) is 18.2. The lowest BCUT2D eigenvalue weighted by Gasteiger charge is -2.31. The van der Waals surface area contributed by atoms with Crippen LogP contribution in [0.15, 0.2) is 29.2 Å². The highest BCUT2D eigenvalue weighted by molar-refractivity contribution is 7.89. The number of benzene rings is 1. The van der Waals surface area contributed by atoms with E-state index in [1.54, 1.807) is 12.1 Å². The third-order valence-electron chi connectivity index (χ3n) is 5.82. The molecule has 2 N–H and O–H groups in total. The number of hydrogen-bond donors (Lipinski definition) is 2. The van der Waals surface area contributed by atoms with E-state index in [-0.39, 0.29) is 42.3 Å². The molecule has 1 aromatic rings. The normalized spacial score (nSPS) is 20.6. The van der Waals surface area contributed by atoms with Crippen molar-refractivity contribution in [3.05, 3.63) is 24.3 Å². The minimum atomic E-state index is -3.67. The molecule has 3 rings (SSSR count). The van der Waals surface area contributed by atoms with Crippen molar-refractivity contribution in [2.24, 2.45) is 5.92 Å². The minimum absolute atomic E-state index is 0.0467. The first kappa shape index (κ1) is 22.6. The summed E-state index contributed by atoms with van der Waals surface area (Å²) < 4.78 is 32.3. The highest BCUT2D eigenvalue weighted by Gasteiger charge is 2.33. The average molecular weight is 438 g/mol. The molecule has 166 valence electrons. The fourth-order valence-electron chi connectivity index (χ4n) is 4.09. The zero-order valence-electron chi connectivity index (χ0n) is 17.4. The number of carbonyl (C=O) groups excluding carboxylic acids is 2. The molecule has 2 amide bonds. The van der Waals surface area contributed by atoms with Crippen LogP contribution in [-0.2, 0) is 19.6 Å². The van der Waals surface area contributed by atoms with Gasteiger partial charge in [0.1, 0.15) is 5.75 Å². The summed E-state index contributed by atoms with van der Waals surface area (Å²) in [6, 6.07) is 6.51. The van der Waals surface area contributed by atoms with Crippen molar-refractivity contribution < 1.29 is 22.7 Å². The van der Waals surface area contributed by atoms with Crippen molar-refractivity contribution in [1.29, 1.82) is 0 Å². The molecule has 1 aromatic carbocycles. The van der Waals surface area contributed by atoms with E-state index in [2.05, 4.69) is 10.6 Å². The van der Waals surface area contributed by atoms with Crippen molar-refractivity contribution in [2.75, 3.05) is 26.7 Å². The van der Waals surface area contributed by atoms with Crippen molar-refractivity contribution in [1.82, 2.24) is 14.9 Å². The molecule has 0 radical (unpaired) electrons. The van der Waals surface area contributed by atoms with Gasteiger partial charge in [0.05, 0.1) is 17.9 Å². The Labute approximate surface area is 178 Å². The number of ether oxygens (including phenoxy) is 1. The molecule has 1 heterocycles. The average Bonchev–Trinajstić information content (AvgIpc) is 3.26. The number of carbonyl (C=O) groups is 2. The SMILES string of the molecule is COc1ccc(S(=O)(=O)N2CCC[C@@H](C(=O)NCCC(=O)NC3CCCC3)C2)cc1. The van der Waals surface area contributed by atoms with Gasteiger partial charge in [0.15, 0.2) is 0 Å². The van der Waals surface area contributed by atoms with Gasteiger partial charge in [0.2, 0.25) is 21.8 Å². The summed E-state index contributed by atoms with van der Waals surface area (Å²) in [7, 11) is -2.14. The van der Waals surface area contributed by atoms with Crippen molar-refractivity contribution in [3.63, 3.8) is 0 Å². The largest absolute Gasteiger partial charge is 0.497 e. The van der Waals surface area contributed by atoms with E-state index >= 15 is 0 Å². The number of methoxy groups -OCH3 is 1. The summed E-state index contributed by atoms with van der Waals surface area (Å²) in [5.74, 6) is -0.0701. The van der Waals surface area contributed by atoms with E-state index in [1.165, 1.54) is 23.5 Å². The Balaban J connectivity index is 1.49. The van der Waals surface area contributed by atoms with Crippen LogP contribution in [0.25, 0.3) is 0 Å². The summed E-state index contributed by atoms with van der Waals surface area (Å²) in [5, 5.41) is 5.80. The fourth-order valence-corrected chi connectivity index (χ4v) is 5.61. The Morgan fingerprint density at radius 2 is 1.80 bits per heavy atom. The molecule has 8 nitrogen and oxygen atoms in total. The van der Waals surface area contributed by atoms with Gasteiger partial charge in [-0.1, -0.05) is 12.8 Å². The molecule has 1 atom stereocenters. The molecule has 2 fully saturated rings. The van der Waals surface area contributed by atoms with Gasteiger partial charge in [-0.25, -0.2) is 8.42 Å². The van der Waals surface area contributed by atoms with Crippen molar-refractivity contribution in [3.8, 4) is 5.75 Å². The van der Waals surface area contributed by atoms with Gasteiger partial charge in [-0.2, -0.15) is 4.31 Å². The Kier molecular flexibility index (Phi) is 7.71. The first-order valence-corrected chi connectivity index (χ1v) is 12.1. The molecule has 0 bridgehead atoms. The summed E-state index contributed by atoms with van der Waals surface area (Å²) in [4.78, 5) is 24.7. The van der Waals surface area contributed by atoms with E-state index < -0.39 is 15.9 Å². The standard InChI is InChI=1S/C21H31N3O5S/c1-29-18-8-10-19(11-9-18)30(27,28)24-14-4-5-16(15-24)21(26)22-13-12-20(25)23-17-6-2-3-7-17/h8-11,16-17H,2-7,12-15H2,1H3,(H,22,26)(H,23,25)/t16-/m1/s1. The van der Waals surface area contributed by atoms with E-state index in [1.807, 2.05) is 0 Å². The van der Waals surface area contributed by atoms with Crippen molar-refractivity contribution in [2.45, 2.75) is 55.9 Å². The second kappa shape index (κ2) is 10.3. The maximum atomic E-state index is 12.9. The zero-order chi connectivity index (χ0) is 21.6. The maximum absolute atomic E-state index is 12.9. The predicted octanol–water partition coefficient (Wildman–Crippen LogP) is 1.66. The molecule has 0 spiro atoms. The van der Waals surface area contributed by atoms with E-state index in [0.29, 0.717) is 25.1 Å². The van der Waals surface area contributed by atoms with Crippen LogP contribution in [0.3, 0.4) is 0 Å². The third kappa shape index (κ3) is 5.72. The second-order valence-electron chi connectivity index (χ2n) is 7.97. The van der Waals surface area contributed by atoms with Crippen LogP contribution in [-0.4, -0.2) is 57.3 Å². The van der Waals surface area contributed by atoms with Gasteiger partial charge in [-0.15, -0.1) is 0 Å². The molecule has 1 aliphatic carbocycles. The molecule has 30 heavy (non-hydrogen) atoms. The summed E-state index contributed by atoms with van der Waals surface area (Å²) in [5.41, 5.74) is 0. The third-order valence-corrected chi connectivity index (χ3v) is 7.70. The lowest BCUT2D eigenvalue weighted by atomic mass is 9.99. The lowest BCUT2D eigenvalue weighted by molar-refractivity contribution is -0.126. The van der Waals surface area contributed by atoms with Crippen LogP contribution in [0.1, 0.15) is 44.9 Å². The predicted molar refractivity (Wildman–Crippen MR) is 113 cm³/mol. The van der Waals surface area contributed by atoms with Gasteiger partial charge in [-0.05, 0) is 49.9 Å². The number of rotatable bonds is 8. The molecular weight excluding hydrogens is 406 g/mol. The minimum Gasteiger partial charge on any atom is -0.497 e. The molecule has 1 aliphatic heterocycles. The van der Waals surface area contributed by atoms with E-state index in [4.69, 9.17) is 4.74 Å². The highest BCUT2D eigenvalue weighted by atomic mass is 32.2.